The van der Waals surface area contributed by atoms with Crippen LogP contribution in [0.15, 0.2) is 0 Å². The molecule has 0 aliphatic carbocycles. The van der Waals surface area contributed by atoms with Crippen LogP contribution in [0.3, 0.4) is 0 Å². The Balaban J connectivity index is 2.05. The lowest BCUT2D eigenvalue weighted by molar-refractivity contribution is 0.00211. The van der Waals surface area contributed by atoms with E-state index in [2.05, 4.69) is 18.9 Å². The maximum Gasteiger partial charge on any atom is 0.0622 e. The summed E-state index contributed by atoms with van der Waals surface area (Å²) >= 11 is 0. The average Bonchev–Trinajstić information content (AvgIpc) is 2.15. The average molecular weight is 185 g/mol. The molecule has 2 heteroatoms. The van der Waals surface area contributed by atoms with E-state index in [9.17, 15) is 0 Å². The smallest absolute Gasteiger partial charge is 0.0622 e. The van der Waals surface area contributed by atoms with Crippen LogP contribution in [0.25, 0.3) is 0 Å². The van der Waals surface area contributed by atoms with Crippen molar-refractivity contribution in [2.45, 2.75) is 45.1 Å². The van der Waals surface area contributed by atoms with Gasteiger partial charge in [-0.25, -0.2) is 0 Å². The lowest BCUT2D eigenvalue weighted by Crippen LogP contribution is -2.42. The van der Waals surface area contributed by atoms with Crippen LogP contribution in [0.4, 0.5) is 0 Å². The fraction of sp³-hybridized carbons (Fsp3) is 1.00. The lowest BCUT2D eigenvalue weighted by Gasteiger charge is -2.32. The zero-order valence-corrected chi connectivity index (χ0v) is 9.09. The molecule has 13 heavy (non-hydrogen) atoms. The fourth-order valence-corrected chi connectivity index (χ4v) is 1.85. The van der Waals surface area contributed by atoms with Gasteiger partial charge >= 0.3 is 0 Å². The second-order valence-electron chi connectivity index (χ2n) is 4.06. The molecule has 1 unspecified atom stereocenters. The summed E-state index contributed by atoms with van der Waals surface area (Å²) < 4.78 is 5.47. The van der Waals surface area contributed by atoms with E-state index in [4.69, 9.17) is 4.74 Å². The van der Waals surface area contributed by atoms with Gasteiger partial charge in [-0.2, -0.15) is 0 Å². The van der Waals surface area contributed by atoms with Crippen LogP contribution in [0, 0.1) is 0 Å². The highest BCUT2D eigenvalue weighted by molar-refractivity contribution is 4.71. The standard InChI is InChI=1S/C11H23NO/c1-3-4-5-6-7-11-10-13-9-8-12(11)2/h11H,3-10H2,1-2H3. The molecule has 0 aromatic heterocycles. The van der Waals surface area contributed by atoms with Gasteiger partial charge in [0.2, 0.25) is 0 Å². The minimum atomic E-state index is 0.686. The van der Waals surface area contributed by atoms with Crippen LogP contribution in [0.1, 0.15) is 39.0 Å². The van der Waals surface area contributed by atoms with E-state index in [0.717, 1.165) is 19.8 Å². The minimum Gasteiger partial charge on any atom is -0.378 e. The molecule has 1 atom stereocenters. The van der Waals surface area contributed by atoms with Crippen molar-refractivity contribution in [2.75, 3.05) is 26.8 Å². The van der Waals surface area contributed by atoms with E-state index in [1.165, 1.54) is 32.1 Å². The molecule has 1 heterocycles. The summed E-state index contributed by atoms with van der Waals surface area (Å²) in [7, 11) is 2.22. The first-order valence-electron chi connectivity index (χ1n) is 5.62. The third-order valence-electron chi connectivity index (χ3n) is 2.91. The van der Waals surface area contributed by atoms with Crippen LogP contribution in [-0.2, 0) is 4.74 Å². The molecule has 0 aromatic rings. The van der Waals surface area contributed by atoms with Crippen LogP contribution >= 0.6 is 0 Å². The Bertz CT molecular complexity index is 127. The maximum absolute atomic E-state index is 5.47. The highest BCUT2D eigenvalue weighted by Crippen LogP contribution is 2.12. The van der Waals surface area contributed by atoms with Gasteiger partial charge < -0.3 is 4.74 Å². The molecule has 0 saturated carbocycles. The van der Waals surface area contributed by atoms with Gasteiger partial charge in [0.25, 0.3) is 0 Å². The first kappa shape index (κ1) is 11.0. The monoisotopic (exact) mass is 185 g/mol. The molecule has 0 N–H and O–H groups in total. The molecule has 1 aliphatic rings. The molecule has 2 nitrogen and oxygen atoms in total. The van der Waals surface area contributed by atoms with Gasteiger partial charge in [-0.3, -0.25) is 4.90 Å². The summed E-state index contributed by atoms with van der Waals surface area (Å²) in [6.07, 6.45) is 6.79. The van der Waals surface area contributed by atoms with E-state index >= 15 is 0 Å². The number of hydrogen-bond acceptors (Lipinski definition) is 2. The van der Waals surface area contributed by atoms with E-state index in [1.54, 1.807) is 0 Å². The van der Waals surface area contributed by atoms with E-state index in [0.29, 0.717) is 6.04 Å². The van der Waals surface area contributed by atoms with Gasteiger partial charge in [0.1, 0.15) is 0 Å². The zero-order valence-electron chi connectivity index (χ0n) is 9.09. The van der Waals surface area contributed by atoms with Crippen molar-refractivity contribution in [3.8, 4) is 0 Å². The number of hydrogen-bond donors (Lipinski definition) is 0. The molecule has 0 radical (unpaired) electrons. The number of rotatable bonds is 5. The van der Waals surface area contributed by atoms with Crippen molar-refractivity contribution in [1.82, 2.24) is 4.90 Å². The Morgan fingerprint density at radius 3 is 2.85 bits per heavy atom. The largest absolute Gasteiger partial charge is 0.378 e. The molecule has 1 fully saturated rings. The Kier molecular flexibility index (Phi) is 5.40. The number of nitrogens with zero attached hydrogens (tertiary/aromatic N) is 1. The fourth-order valence-electron chi connectivity index (χ4n) is 1.85. The third-order valence-corrected chi connectivity index (χ3v) is 2.91. The summed E-state index contributed by atoms with van der Waals surface area (Å²) in [5, 5.41) is 0. The Hall–Kier alpha value is -0.0800. The molecular formula is C11H23NO. The van der Waals surface area contributed by atoms with Crippen molar-refractivity contribution >= 4 is 0 Å². The number of ether oxygens (including phenoxy) is 1. The number of unbranched alkanes of at least 4 members (excludes halogenated alkanes) is 3. The van der Waals surface area contributed by atoms with Crippen LogP contribution in [0.2, 0.25) is 0 Å². The Morgan fingerprint density at radius 1 is 1.31 bits per heavy atom. The normalized spacial score (nSPS) is 24.9. The van der Waals surface area contributed by atoms with Crippen molar-refractivity contribution in [3.63, 3.8) is 0 Å². The van der Waals surface area contributed by atoms with Crippen LogP contribution in [0.5, 0.6) is 0 Å². The van der Waals surface area contributed by atoms with Crippen molar-refractivity contribution in [2.24, 2.45) is 0 Å². The molecule has 1 aliphatic heterocycles. The molecule has 0 bridgehead atoms. The Morgan fingerprint density at radius 2 is 2.15 bits per heavy atom. The molecule has 1 rings (SSSR count). The van der Waals surface area contributed by atoms with Crippen molar-refractivity contribution < 1.29 is 4.74 Å². The summed E-state index contributed by atoms with van der Waals surface area (Å²) in [4.78, 5) is 2.44. The summed E-state index contributed by atoms with van der Waals surface area (Å²) in [5.41, 5.74) is 0. The summed E-state index contributed by atoms with van der Waals surface area (Å²) in [6, 6.07) is 0.686. The van der Waals surface area contributed by atoms with Gasteiger partial charge in [0.15, 0.2) is 0 Å². The second kappa shape index (κ2) is 6.39. The van der Waals surface area contributed by atoms with Crippen molar-refractivity contribution in [3.05, 3.63) is 0 Å². The maximum atomic E-state index is 5.47. The number of morpholine rings is 1. The van der Waals surface area contributed by atoms with Crippen LogP contribution < -0.4 is 0 Å². The first-order valence-corrected chi connectivity index (χ1v) is 5.62. The molecular weight excluding hydrogens is 162 g/mol. The van der Waals surface area contributed by atoms with E-state index in [-0.39, 0.29) is 0 Å². The van der Waals surface area contributed by atoms with Gasteiger partial charge in [-0.15, -0.1) is 0 Å². The third kappa shape index (κ3) is 4.10. The Labute approximate surface area is 82.3 Å². The number of likely N-dealkylation sites (N-methyl/N-ethyl adjacent to an activating group) is 1. The summed E-state index contributed by atoms with van der Waals surface area (Å²) in [6.45, 7) is 5.23. The van der Waals surface area contributed by atoms with Gasteiger partial charge in [0.05, 0.1) is 13.2 Å². The predicted molar refractivity (Wildman–Crippen MR) is 56.0 cm³/mol. The second-order valence-corrected chi connectivity index (χ2v) is 4.06. The van der Waals surface area contributed by atoms with Crippen molar-refractivity contribution in [1.29, 1.82) is 0 Å². The van der Waals surface area contributed by atoms with Gasteiger partial charge in [0, 0.05) is 12.6 Å². The van der Waals surface area contributed by atoms with Gasteiger partial charge in [-0.1, -0.05) is 32.6 Å². The predicted octanol–water partition coefficient (Wildman–Crippen LogP) is 2.29. The molecule has 78 valence electrons. The molecule has 1 saturated heterocycles. The first-order chi connectivity index (χ1) is 6.34. The lowest BCUT2D eigenvalue weighted by atomic mass is 10.1. The minimum absolute atomic E-state index is 0.686. The SMILES string of the molecule is CCCCCCC1COCCN1C. The quantitative estimate of drug-likeness (QED) is 0.609. The van der Waals surface area contributed by atoms with E-state index < -0.39 is 0 Å². The molecule has 0 spiro atoms. The van der Waals surface area contributed by atoms with Crippen LogP contribution in [-0.4, -0.2) is 37.7 Å². The van der Waals surface area contributed by atoms with E-state index in [1.807, 2.05) is 0 Å². The molecule has 0 aromatic carbocycles. The zero-order chi connectivity index (χ0) is 9.52. The highest BCUT2D eigenvalue weighted by atomic mass is 16.5. The topological polar surface area (TPSA) is 12.5 Å². The van der Waals surface area contributed by atoms with Gasteiger partial charge in [-0.05, 0) is 13.5 Å². The highest BCUT2D eigenvalue weighted by Gasteiger charge is 2.18. The summed E-state index contributed by atoms with van der Waals surface area (Å²) in [5.74, 6) is 0. The molecule has 0 amide bonds.